The lowest BCUT2D eigenvalue weighted by Gasteiger charge is -2.17. The van der Waals surface area contributed by atoms with E-state index < -0.39 is 15.8 Å². The Hall–Kier alpha value is -1.49. The number of nitriles is 1. The van der Waals surface area contributed by atoms with Crippen LogP contribution in [0.15, 0.2) is 23.1 Å². The van der Waals surface area contributed by atoms with E-state index in [-0.39, 0.29) is 10.5 Å². The highest BCUT2D eigenvalue weighted by molar-refractivity contribution is 7.89. The summed E-state index contributed by atoms with van der Waals surface area (Å²) in [5.74, 6) is -0.00439. The second kappa shape index (κ2) is 4.81. The Bertz CT molecular complexity index is 671. The summed E-state index contributed by atoms with van der Waals surface area (Å²) in [5, 5.41) is 12.0. The molecule has 1 aromatic rings. The molecular weight excluding hydrogens is 281 g/mol. The number of fused-ring (bicyclic) bond motifs is 1. The molecule has 0 aliphatic carbocycles. The fourth-order valence-corrected chi connectivity index (χ4v) is 4.49. The maximum Gasteiger partial charge on any atom is 0.243 e. The van der Waals surface area contributed by atoms with E-state index in [1.54, 1.807) is 6.07 Å². The van der Waals surface area contributed by atoms with Crippen molar-refractivity contribution in [2.45, 2.75) is 4.90 Å². The van der Waals surface area contributed by atoms with E-state index >= 15 is 0 Å². The highest BCUT2D eigenvalue weighted by atomic mass is 32.2. The van der Waals surface area contributed by atoms with Crippen LogP contribution in [0.1, 0.15) is 5.56 Å². The van der Waals surface area contributed by atoms with E-state index in [4.69, 9.17) is 5.26 Å². The average Bonchev–Trinajstić information content (AvgIpc) is 2.99. The molecule has 0 spiro atoms. The summed E-state index contributed by atoms with van der Waals surface area (Å²) >= 11 is 0. The standard InChI is InChI=1S/C13H14FN3O2S/c14-13-2-1-12(3-9(13)4-15)20(18,19)17-7-10-5-16-6-11(10)8-17/h1-3,10-11,16H,5-8H2. The number of nitrogens with one attached hydrogen (secondary N) is 1. The highest BCUT2D eigenvalue weighted by Crippen LogP contribution is 2.31. The SMILES string of the molecule is N#Cc1cc(S(=O)(=O)N2CC3CNCC3C2)ccc1F. The van der Waals surface area contributed by atoms with Gasteiger partial charge in [0.1, 0.15) is 11.9 Å². The molecule has 0 aromatic heterocycles. The molecule has 2 saturated heterocycles. The van der Waals surface area contributed by atoms with Crippen molar-refractivity contribution in [3.63, 3.8) is 0 Å². The van der Waals surface area contributed by atoms with Crippen molar-refractivity contribution in [3.8, 4) is 6.07 Å². The molecule has 2 unspecified atom stereocenters. The summed E-state index contributed by atoms with van der Waals surface area (Å²) < 4.78 is 39.8. The number of halogens is 1. The van der Waals surface area contributed by atoms with Crippen molar-refractivity contribution in [2.24, 2.45) is 11.8 Å². The van der Waals surface area contributed by atoms with Crippen molar-refractivity contribution in [2.75, 3.05) is 26.2 Å². The Morgan fingerprint density at radius 3 is 2.55 bits per heavy atom. The molecule has 0 radical (unpaired) electrons. The lowest BCUT2D eigenvalue weighted by Crippen LogP contribution is -2.32. The van der Waals surface area contributed by atoms with Gasteiger partial charge < -0.3 is 5.32 Å². The monoisotopic (exact) mass is 295 g/mol. The van der Waals surface area contributed by atoms with Crippen LogP contribution in [0.2, 0.25) is 0 Å². The zero-order valence-corrected chi connectivity index (χ0v) is 11.5. The first-order chi connectivity index (χ1) is 9.52. The zero-order valence-electron chi connectivity index (χ0n) is 10.7. The average molecular weight is 295 g/mol. The second-order valence-electron chi connectivity index (χ2n) is 5.25. The van der Waals surface area contributed by atoms with Gasteiger partial charge >= 0.3 is 0 Å². The first kappa shape index (κ1) is 13.5. The number of benzene rings is 1. The summed E-state index contributed by atoms with van der Waals surface area (Å²) in [6.45, 7) is 2.64. The Morgan fingerprint density at radius 2 is 1.95 bits per heavy atom. The largest absolute Gasteiger partial charge is 0.316 e. The van der Waals surface area contributed by atoms with Gasteiger partial charge in [-0.3, -0.25) is 0 Å². The maximum atomic E-state index is 13.3. The summed E-state index contributed by atoms with van der Waals surface area (Å²) in [7, 11) is -3.64. The maximum absolute atomic E-state index is 13.3. The molecule has 2 aliphatic rings. The molecule has 20 heavy (non-hydrogen) atoms. The normalized spacial score (nSPS) is 26.4. The molecule has 0 amide bonds. The molecule has 7 heteroatoms. The van der Waals surface area contributed by atoms with Gasteiger partial charge in [-0.25, -0.2) is 12.8 Å². The fraction of sp³-hybridized carbons (Fsp3) is 0.462. The number of rotatable bonds is 2. The van der Waals surface area contributed by atoms with Crippen molar-refractivity contribution in [1.82, 2.24) is 9.62 Å². The Morgan fingerprint density at radius 1 is 1.30 bits per heavy atom. The van der Waals surface area contributed by atoms with Gasteiger partial charge in [0, 0.05) is 13.1 Å². The number of hydrogen-bond acceptors (Lipinski definition) is 4. The van der Waals surface area contributed by atoms with Gasteiger partial charge in [0.15, 0.2) is 0 Å². The van der Waals surface area contributed by atoms with Gasteiger partial charge in [0.25, 0.3) is 0 Å². The summed E-state index contributed by atoms with van der Waals surface area (Å²) in [5.41, 5.74) is -0.243. The molecule has 2 atom stereocenters. The first-order valence-corrected chi connectivity index (χ1v) is 7.87. The van der Waals surface area contributed by atoms with E-state index in [9.17, 15) is 12.8 Å². The molecule has 106 valence electrons. The second-order valence-corrected chi connectivity index (χ2v) is 7.19. The smallest absolute Gasteiger partial charge is 0.243 e. The molecule has 5 nitrogen and oxygen atoms in total. The molecule has 2 fully saturated rings. The summed E-state index contributed by atoms with van der Waals surface area (Å²) in [4.78, 5) is -0.0108. The van der Waals surface area contributed by atoms with E-state index in [1.807, 2.05) is 0 Å². The van der Waals surface area contributed by atoms with Crippen molar-refractivity contribution in [3.05, 3.63) is 29.6 Å². The fourth-order valence-electron chi connectivity index (χ4n) is 2.91. The minimum Gasteiger partial charge on any atom is -0.316 e. The Balaban J connectivity index is 1.91. The molecule has 3 rings (SSSR count). The quantitative estimate of drug-likeness (QED) is 0.864. The van der Waals surface area contributed by atoms with Crippen LogP contribution in [0.3, 0.4) is 0 Å². The van der Waals surface area contributed by atoms with Crippen LogP contribution in [-0.2, 0) is 10.0 Å². The van der Waals surface area contributed by atoms with Crippen LogP contribution in [0, 0.1) is 29.0 Å². The van der Waals surface area contributed by atoms with Gasteiger partial charge in [-0.15, -0.1) is 0 Å². The van der Waals surface area contributed by atoms with Gasteiger partial charge in [-0.1, -0.05) is 0 Å². The Labute approximate surface area is 117 Å². The van der Waals surface area contributed by atoms with Crippen LogP contribution < -0.4 is 5.32 Å². The van der Waals surface area contributed by atoms with Crippen LogP contribution in [0.4, 0.5) is 4.39 Å². The predicted molar refractivity (Wildman–Crippen MR) is 69.7 cm³/mol. The van der Waals surface area contributed by atoms with E-state index in [0.717, 1.165) is 25.2 Å². The lowest BCUT2D eigenvalue weighted by atomic mass is 10.0. The summed E-state index contributed by atoms with van der Waals surface area (Å²) in [6, 6.07) is 5.03. The Kier molecular flexibility index (Phi) is 3.24. The van der Waals surface area contributed by atoms with Gasteiger partial charge in [0.05, 0.1) is 10.5 Å². The highest BCUT2D eigenvalue weighted by Gasteiger charge is 2.41. The third kappa shape index (κ3) is 2.10. The van der Waals surface area contributed by atoms with Crippen molar-refractivity contribution >= 4 is 10.0 Å². The lowest BCUT2D eigenvalue weighted by molar-refractivity contribution is 0.448. The zero-order chi connectivity index (χ0) is 14.3. The van der Waals surface area contributed by atoms with Crippen LogP contribution in [0.25, 0.3) is 0 Å². The summed E-state index contributed by atoms with van der Waals surface area (Å²) in [6.07, 6.45) is 0. The minimum absolute atomic E-state index is 0.0108. The van der Waals surface area contributed by atoms with Crippen LogP contribution in [0.5, 0.6) is 0 Å². The molecule has 1 aromatic carbocycles. The molecule has 2 aliphatic heterocycles. The minimum atomic E-state index is -3.64. The third-order valence-corrected chi connectivity index (χ3v) is 5.88. The van der Waals surface area contributed by atoms with Gasteiger partial charge in [0.2, 0.25) is 10.0 Å². The first-order valence-electron chi connectivity index (χ1n) is 6.43. The van der Waals surface area contributed by atoms with Crippen LogP contribution in [-0.4, -0.2) is 38.9 Å². The third-order valence-electron chi connectivity index (χ3n) is 4.05. The predicted octanol–water partition coefficient (Wildman–Crippen LogP) is 0.537. The van der Waals surface area contributed by atoms with E-state index in [0.29, 0.717) is 24.9 Å². The molecule has 0 bridgehead atoms. The van der Waals surface area contributed by atoms with Crippen molar-refractivity contribution < 1.29 is 12.8 Å². The molecule has 0 saturated carbocycles. The van der Waals surface area contributed by atoms with Crippen molar-refractivity contribution in [1.29, 1.82) is 5.26 Å². The topological polar surface area (TPSA) is 73.2 Å². The van der Waals surface area contributed by atoms with Gasteiger partial charge in [-0.2, -0.15) is 9.57 Å². The molecular formula is C13H14FN3O2S. The molecule has 1 N–H and O–H groups in total. The van der Waals surface area contributed by atoms with E-state index in [2.05, 4.69) is 5.32 Å². The van der Waals surface area contributed by atoms with E-state index in [1.165, 1.54) is 10.4 Å². The van der Waals surface area contributed by atoms with Crippen LogP contribution >= 0.6 is 0 Å². The number of sulfonamides is 1. The van der Waals surface area contributed by atoms with Gasteiger partial charge in [-0.05, 0) is 43.1 Å². The molecule has 2 heterocycles. The number of nitrogens with zero attached hydrogens (tertiary/aromatic N) is 2. The number of hydrogen-bond donors (Lipinski definition) is 1.